The molecule has 1 aromatic carbocycles. The van der Waals surface area contributed by atoms with E-state index in [1.807, 2.05) is 26.0 Å². The monoisotopic (exact) mass is 371 g/mol. The number of hydrogen-bond donors (Lipinski definition) is 0. The van der Waals surface area contributed by atoms with Gasteiger partial charge in [-0.25, -0.2) is 4.98 Å². The van der Waals surface area contributed by atoms with Gasteiger partial charge in [0.25, 0.3) is 5.56 Å². The molecule has 0 spiro atoms. The highest BCUT2D eigenvalue weighted by Gasteiger charge is 2.19. The van der Waals surface area contributed by atoms with Gasteiger partial charge in [0.15, 0.2) is 5.82 Å². The summed E-state index contributed by atoms with van der Waals surface area (Å²) in [6.45, 7) is 6.25. The predicted molar refractivity (Wildman–Crippen MR) is 111 cm³/mol. The van der Waals surface area contributed by atoms with Gasteiger partial charge in [-0.05, 0) is 50.6 Å². The lowest BCUT2D eigenvalue weighted by molar-refractivity contribution is 0.617. The largest absolute Gasteiger partial charge is 0.371 e. The summed E-state index contributed by atoms with van der Waals surface area (Å²) < 4.78 is 3.52. The van der Waals surface area contributed by atoms with Crippen molar-refractivity contribution >= 4 is 16.5 Å². The quantitative estimate of drug-likeness (QED) is 0.554. The summed E-state index contributed by atoms with van der Waals surface area (Å²) in [6.07, 6.45) is 4.68. The van der Waals surface area contributed by atoms with Crippen molar-refractivity contribution in [2.45, 2.75) is 20.3 Å². The normalized spacial score (nSPS) is 13.7. The average Bonchev–Trinajstić information content (AvgIpc) is 2.93. The van der Waals surface area contributed by atoms with Gasteiger partial charge in [0, 0.05) is 47.4 Å². The Hall–Kier alpha value is -3.41. The standard InChI is InChI=1S/C22H21N5O/c1-15-19-14-24-27(20-9-3-4-10-23-20)22(28)21(19)16(2)26(15)18-8-5-7-17(13-18)25-11-6-12-25/h3-5,7-10,13-14H,6,11-12H2,1-2H3. The summed E-state index contributed by atoms with van der Waals surface area (Å²) in [7, 11) is 0. The maximum Gasteiger partial charge on any atom is 0.282 e. The summed E-state index contributed by atoms with van der Waals surface area (Å²) in [5, 5.41) is 5.94. The van der Waals surface area contributed by atoms with Crippen LogP contribution in [0.3, 0.4) is 0 Å². The van der Waals surface area contributed by atoms with E-state index in [1.54, 1.807) is 18.5 Å². The molecule has 0 amide bonds. The smallest absolute Gasteiger partial charge is 0.282 e. The summed E-state index contributed by atoms with van der Waals surface area (Å²) in [5.74, 6) is 0.527. The van der Waals surface area contributed by atoms with Gasteiger partial charge in [-0.3, -0.25) is 4.79 Å². The number of aryl methyl sites for hydroxylation is 2. The van der Waals surface area contributed by atoms with E-state index in [2.05, 4.69) is 43.8 Å². The van der Waals surface area contributed by atoms with Crippen LogP contribution in [0.1, 0.15) is 17.8 Å². The fourth-order valence-corrected chi connectivity index (χ4v) is 3.99. The Morgan fingerprint density at radius 3 is 2.50 bits per heavy atom. The van der Waals surface area contributed by atoms with Crippen LogP contribution in [0.4, 0.5) is 5.69 Å². The van der Waals surface area contributed by atoms with Crippen molar-refractivity contribution in [1.82, 2.24) is 19.3 Å². The number of aromatic nitrogens is 4. The molecule has 1 fully saturated rings. The van der Waals surface area contributed by atoms with Gasteiger partial charge >= 0.3 is 0 Å². The van der Waals surface area contributed by atoms with Gasteiger partial charge in [0.2, 0.25) is 0 Å². The Morgan fingerprint density at radius 1 is 0.964 bits per heavy atom. The number of fused-ring (bicyclic) bond motifs is 1. The van der Waals surface area contributed by atoms with E-state index in [1.165, 1.54) is 16.8 Å². The van der Waals surface area contributed by atoms with Crippen LogP contribution < -0.4 is 10.5 Å². The minimum absolute atomic E-state index is 0.144. The van der Waals surface area contributed by atoms with E-state index in [0.29, 0.717) is 11.2 Å². The van der Waals surface area contributed by atoms with Crippen molar-refractivity contribution in [3.63, 3.8) is 0 Å². The lowest BCUT2D eigenvalue weighted by Crippen LogP contribution is -2.36. The second kappa shape index (κ2) is 6.34. The first-order valence-corrected chi connectivity index (χ1v) is 9.52. The first-order valence-electron chi connectivity index (χ1n) is 9.52. The molecule has 0 bridgehead atoms. The second-order valence-electron chi connectivity index (χ2n) is 7.20. The Labute approximate surface area is 162 Å². The molecule has 4 aromatic rings. The van der Waals surface area contributed by atoms with Gasteiger partial charge in [-0.2, -0.15) is 9.78 Å². The molecule has 4 heterocycles. The SMILES string of the molecule is Cc1c2cnn(-c3ccccn3)c(=O)c2c(C)n1-c1cccc(N2CCC2)c1. The number of pyridine rings is 1. The molecule has 1 aliphatic heterocycles. The van der Waals surface area contributed by atoms with E-state index in [-0.39, 0.29) is 5.56 Å². The minimum Gasteiger partial charge on any atom is -0.371 e. The van der Waals surface area contributed by atoms with Crippen LogP contribution in [-0.2, 0) is 0 Å². The molecule has 0 aliphatic carbocycles. The molecule has 5 rings (SSSR count). The Bertz CT molecular complexity index is 1240. The zero-order valence-corrected chi connectivity index (χ0v) is 16.0. The van der Waals surface area contributed by atoms with Crippen molar-refractivity contribution in [2.24, 2.45) is 0 Å². The van der Waals surface area contributed by atoms with Crippen molar-refractivity contribution in [1.29, 1.82) is 0 Å². The van der Waals surface area contributed by atoms with Crippen molar-refractivity contribution in [3.8, 4) is 11.5 Å². The third-order valence-corrected chi connectivity index (χ3v) is 5.58. The molecule has 6 nitrogen and oxygen atoms in total. The summed E-state index contributed by atoms with van der Waals surface area (Å²) in [6, 6.07) is 14.0. The van der Waals surface area contributed by atoms with Crippen LogP contribution >= 0.6 is 0 Å². The fraction of sp³-hybridized carbons (Fsp3) is 0.227. The van der Waals surface area contributed by atoms with E-state index in [9.17, 15) is 4.79 Å². The Kier molecular flexibility index (Phi) is 3.79. The van der Waals surface area contributed by atoms with Gasteiger partial charge in [-0.15, -0.1) is 0 Å². The molecule has 0 atom stereocenters. The maximum atomic E-state index is 13.2. The molecule has 6 heteroatoms. The molecule has 1 aliphatic rings. The third-order valence-electron chi connectivity index (χ3n) is 5.58. The fourth-order valence-electron chi connectivity index (χ4n) is 3.99. The van der Waals surface area contributed by atoms with E-state index < -0.39 is 0 Å². The predicted octanol–water partition coefficient (Wildman–Crippen LogP) is 3.40. The van der Waals surface area contributed by atoms with Gasteiger partial charge in [0.1, 0.15) is 0 Å². The molecule has 0 saturated carbocycles. The van der Waals surface area contributed by atoms with Gasteiger partial charge < -0.3 is 9.47 Å². The van der Waals surface area contributed by atoms with Crippen LogP contribution in [0.2, 0.25) is 0 Å². The van der Waals surface area contributed by atoms with E-state index in [4.69, 9.17) is 0 Å². The second-order valence-corrected chi connectivity index (χ2v) is 7.20. The summed E-state index contributed by atoms with van der Waals surface area (Å²) in [5.41, 5.74) is 4.09. The molecule has 1 saturated heterocycles. The Balaban J connectivity index is 1.71. The lowest BCUT2D eigenvalue weighted by Gasteiger charge is -2.33. The van der Waals surface area contributed by atoms with Crippen molar-refractivity contribution in [3.05, 3.63) is 76.6 Å². The molecule has 0 unspecified atom stereocenters. The molecular formula is C22H21N5O. The zero-order chi connectivity index (χ0) is 19.3. The molecule has 0 radical (unpaired) electrons. The van der Waals surface area contributed by atoms with Crippen LogP contribution in [0.15, 0.2) is 59.7 Å². The number of anilines is 1. The third kappa shape index (κ3) is 2.45. The number of rotatable bonds is 3. The highest BCUT2D eigenvalue weighted by molar-refractivity contribution is 5.88. The van der Waals surface area contributed by atoms with Gasteiger partial charge in [-0.1, -0.05) is 12.1 Å². The number of nitrogens with zero attached hydrogens (tertiary/aromatic N) is 5. The molecule has 3 aromatic heterocycles. The van der Waals surface area contributed by atoms with Crippen molar-refractivity contribution < 1.29 is 0 Å². The molecule has 28 heavy (non-hydrogen) atoms. The topological polar surface area (TPSA) is 56.0 Å². The van der Waals surface area contributed by atoms with Gasteiger partial charge in [0.05, 0.1) is 11.6 Å². The first kappa shape index (κ1) is 16.7. The number of benzene rings is 1. The lowest BCUT2D eigenvalue weighted by atomic mass is 10.1. The molecule has 0 N–H and O–H groups in total. The zero-order valence-electron chi connectivity index (χ0n) is 16.0. The van der Waals surface area contributed by atoms with E-state index >= 15 is 0 Å². The maximum absolute atomic E-state index is 13.2. The highest BCUT2D eigenvalue weighted by Crippen LogP contribution is 2.29. The van der Waals surface area contributed by atoms with Crippen LogP contribution in [0, 0.1) is 13.8 Å². The first-order chi connectivity index (χ1) is 13.6. The highest BCUT2D eigenvalue weighted by atomic mass is 16.1. The Morgan fingerprint density at radius 2 is 1.79 bits per heavy atom. The van der Waals surface area contributed by atoms with Crippen LogP contribution in [0.25, 0.3) is 22.3 Å². The summed E-state index contributed by atoms with van der Waals surface area (Å²) >= 11 is 0. The summed E-state index contributed by atoms with van der Waals surface area (Å²) in [4.78, 5) is 19.9. The van der Waals surface area contributed by atoms with E-state index in [0.717, 1.165) is 35.6 Å². The van der Waals surface area contributed by atoms with Crippen LogP contribution in [-0.4, -0.2) is 32.4 Å². The van der Waals surface area contributed by atoms with Crippen LogP contribution in [0.5, 0.6) is 0 Å². The molecular weight excluding hydrogens is 350 g/mol. The minimum atomic E-state index is -0.144. The van der Waals surface area contributed by atoms with Crippen molar-refractivity contribution in [2.75, 3.05) is 18.0 Å². The molecule has 140 valence electrons. The number of hydrogen-bond acceptors (Lipinski definition) is 4. The average molecular weight is 371 g/mol.